The Labute approximate surface area is 205 Å². The van der Waals surface area contributed by atoms with E-state index in [-0.39, 0.29) is 14.8 Å². The van der Waals surface area contributed by atoms with E-state index in [1.54, 1.807) is 24.3 Å². The zero-order chi connectivity index (χ0) is 23.8. The van der Waals surface area contributed by atoms with E-state index in [2.05, 4.69) is 5.32 Å². The number of sulfone groups is 1. The number of halogens is 1. The number of nitrogens with one attached hydrogen (secondary N) is 1. The molecule has 0 saturated carbocycles. The third-order valence-electron chi connectivity index (χ3n) is 5.20. The van der Waals surface area contributed by atoms with E-state index in [4.69, 9.17) is 11.6 Å². The van der Waals surface area contributed by atoms with Gasteiger partial charge in [0.15, 0.2) is 4.91 Å². The summed E-state index contributed by atoms with van der Waals surface area (Å²) in [7, 11) is -4.02. The Kier molecular flexibility index (Phi) is 8.62. The summed E-state index contributed by atoms with van der Waals surface area (Å²) in [5.41, 5.74) is 3.82. The van der Waals surface area contributed by atoms with Gasteiger partial charge in [-0.1, -0.05) is 80.0 Å². The minimum Gasteiger partial charge on any atom is -0.348 e. The lowest BCUT2D eigenvalue weighted by Crippen LogP contribution is -2.12. The molecule has 0 aliphatic carbocycles. The van der Waals surface area contributed by atoms with Gasteiger partial charge in [0.1, 0.15) is 11.1 Å². The molecule has 170 valence electrons. The molecule has 0 atom stereocenters. The maximum absolute atomic E-state index is 13.4. The van der Waals surface area contributed by atoms with Gasteiger partial charge in [0, 0.05) is 16.5 Å². The first-order valence-electron chi connectivity index (χ1n) is 10.6. The van der Waals surface area contributed by atoms with Crippen molar-refractivity contribution in [2.75, 3.05) is 5.32 Å². The van der Waals surface area contributed by atoms with Crippen LogP contribution in [0.5, 0.6) is 0 Å². The molecule has 0 spiro atoms. The van der Waals surface area contributed by atoms with Crippen molar-refractivity contribution in [1.82, 2.24) is 0 Å². The van der Waals surface area contributed by atoms with Crippen LogP contribution in [0.25, 0.3) is 0 Å². The first-order chi connectivity index (χ1) is 15.9. The summed E-state index contributed by atoms with van der Waals surface area (Å²) in [6.07, 6.45) is 1.54. The van der Waals surface area contributed by atoms with Gasteiger partial charge in [0.25, 0.3) is 0 Å². The molecule has 0 saturated heterocycles. The van der Waals surface area contributed by atoms with Crippen LogP contribution in [0.4, 0.5) is 5.69 Å². The van der Waals surface area contributed by atoms with Crippen LogP contribution in [0.15, 0.2) is 87.6 Å². The number of rotatable bonds is 9. The molecule has 0 aliphatic heterocycles. The summed E-state index contributed by atoms with van der Waals surface area (Å²) in [5, 5.41) is 14.2. The first-order valence-corrected chi connectivity index (χ1v) is 13.5. The Morgan fingerprint density at radius 1 is 0.909 bits per heavy atom. The van der Waals surface area contributed by atoms with Crippen molar-refractivity contribution in [1.29, 1.82) is 5.26 Å². The predicted molar refractivity (Wildman–Crippen MR) is 138 cm³/mol. The molecule has 33 heavy (non-hydrogen) atoms. The molecule has 0 unspecified atom stereocenters. The Balaban J connectivity index is 2.14. The lowest BCUT2D eigenvalue weighted by atomic mass is 10.0. The van der Waals surface area contributed by atoms with Crippen LogP contribution in [0, 0.1) is 11.3 Å². The van der Waals surface area contributed by atoms with Crippen LogP contribution in [0.3, 0.4) is 0 Å². The second kappa shape index (κ2) is 11.4. The molecular formula is C26H25ClN2O2S2. The number of anilines is 1. The lowest BCUT2D eigenvalue weighted by molar-refractivity contribution is 0.603. The van der Waals surface area contributed by atoms with Crippen LogP contribution in [0.2, 0.25) is 5.02 Å². The SMILES string of the molecule is CCc1cccc(CC)c1N/C(SCc1ccccc1Cl)=C(/C#N)S(=O)(=O)c1ccccc1. The number of thioether (sulfide) groups is 1. The molecule has 0 heterocycles. The van der Waals surface area contributed by atoms with Crippen molar-refractivity contribution in [3.63, 3.8) is 0 Å². The highest BCUT2D eigenvalue weighted by atomic mass is 35.5. The summed E-state index contributed by atoms with van der Waals surface area (Å²) in [5.74, 6) is 0.410. The predicted octanol–water partition coefficient (Wildman–Crippen LogP) is 6.98. The second-order valence-electron chi connectivity index (χ2n) is 7.25. The van der Waals surface area contributed by atoms with Crippen molar-refractivity contribution in [3.05, 3.63) is 104 Å². The van der Waals surface area contributed by atoms with Gasteiger partial charge in [0.2, 0.25) is 9.84 Å². The van der Waals surface area contributed by atoms with Gasteiger partial charge in [-0.15, -0.1) is 11.8 Å². The third kappa shape index (κ3) is 5.80. The topological polar surface area (TPSA) is 70.0 Å². The van der Waals surface area contributed by atoms with E-state index < -0.39 is 9.84 Å². The minimum absolute atomic E-state index is 0.0821. The van der Waals surface area contributed by atoms with E-state index in [1.165, 1.54) is 23.9 Å². The average Bonchev–Trinajstić information content (AvgIpc) is 2.84. The van der Waals surface area contributed by atoms with Crippen LogP contribution >= 0.6 is 23.4 Å². The standard InChI is InChI=1S/C26H25ClN2O2S2/c1-3-19-12-10-13-20(4-2)25(19)29-26(32-18-21-11-8-9-16-23(21)27)24(17-28)33(30,31)22-14-6-5-7-15-22/h5-16,29H,3-4,18H2,1-2H3/b26-24+. The fraction of sp³-hybridized carbons (Fsp3) is 0.192. The molecule has 0 fully saturated rings. The molecule has 0 aliphatic rings. The smallest absolute Gasteiger partial charge is 0.219 e. The van der Waals surface area contributed by atoms with Gasteiger partial charge in [-0.3, -0.25) is 0 Å². The highest BCUT2D eigenvalue weighted by molar-refractivity contribution is 8.04. The lowest BCUT2D eigenvalue weighted by Gasteiger charge is -2.19. The number of allylic oxidation sites excluding steroid dienone is 1. The molecule has 3 aromatic rings. The molecule has 0 bridgehead atoms. The Bertz CT molecular complexity index is 1280. The zero-order valence-corrected chi connectivity index (χ0v) is 20.9. The van der Waals surface area contributed by atoms with Crippen molar-refractivity contribution >= 4 is 38.9 Å². The number of nitrogens with zero attached hydrogens (tertiary/aromatic N) is 1. The average molecular weight is 497 g/mol. The second-order valence-corrected chi connectivity index (χ2v) is 10.5. The molecule has 7 heteroatoms. The highest BCUT2D eigenvalue weighted by Crippen LogP contribution is 2.35. The van der Waals surface area contributed by atoms with Gasteiger partial charge >= 0.3 is 0 Å². The maximum atomic E-state index is 13.4. The summed E-state index contributed by atoms with van der Waals surface area (Å²) in [4.78, 5) is -0.225. The Hall–Kier alpha value is -2.72. The van der Waals surface area contributed by atoms with Crippen LogP contribution in [0.1, 0.15) is 30.5 Å². The fourth-order valence-corrected chi connectivity index (χ4v) is 6.25. The van der Waals surface area contributed by atoms with Gasteiger partial charge in [-0.25, -0.2) is 8.42 Å². The van der Waals surface area contributed by atoms with E-state index >= 15 is 0 Å². The van der Waals surface area contributed by atoms with Crippen molar-refractivity contribution in [3.8, 4) is 6.07 Å². The zero-order valence-electron chi connectivity index (χ0n) is 18.5. The van der Waals surface area contributed by atoms with Gasteiger partial charge in [0.05, 0.1) is 4.90 Å². The van der Waals surface area contributed by atoms with Crippen LogP contribution in [-0.4, -0.2) is 8.42 Å². The highest BCUT2D eigenvalue weighted by Gasteiger charge is 2.26. The summed E-state index contributed by atoms with van der Waals surface area (Å²) in [6, 6.07) is 23.4. The number of hydrogen-bond donors (Lipinski definition) is 1. The molecule has 3 rings (SSSR count). The molecule has 1 N–H and O–H groups in total. The maximum Gasteiger partial charge on any atom is 0.219 e. The monoisotopic (exact) mass is 496 g/mol. The quantitative estimate of drug-likeness (QED) is 0.324. The number of para-hydroxylation sites is 1. The number of aryl methyl sites for hydroxylation is 2. The van der Waals surface area contributed by atoms with E-state index in [9.17, 15) is 13.7 Å². The number of benzene rings is 3. The fourth-order valence-electron chi connectivity index (χ4n) is 3.39. The number of hydrogen-bond acceptors (Lipinski definition) is 5. The van der Waals surface area contributed by atoms with Crippen LogP contribution in [-0.2, 0) is 28.4 Å². The Morgan fingerprint density at radius 2 is 1.48 bits per heavy atom. The van der Waals surface area contributed by atoms with Crippen molar-refractivity contribution in [2.45, 2.75) is 37.3 Å². The molecule has 0 aromatic heterocycles. The van der Waals surface area contributed by atoms with Gasteiger partial charge in [-0.05, 0) is 47.7 Å². The molecule has 3 aromatic carbocycles. The van der Waals surface area contributed by atoms with E-state index in [0.717, 1.165) is 35.2 Å². The van der Waals surface area contributed by atoms with E-state index in [0.29, 0.717) is 10.8 Å². The third-order valence-corrected chi connectivity index (χ3v) is 8.47. The summed E-state index contributed by atoms with van der Waals surface area (Å²) < 4.78 is 26.8. The summed E-state index contributed by atoms with van der Waals surface area (Å²) >= 11 is 7.59. The largest absolute Gasteiger partial charge is 0.348 e. The van der Waals surface area contributed by atoms with Crippen LogP contribution < -0.4 is 5.32 Å². The van der Waals surface area contributed by atoms with E-state index in [1.807, 2.05) is 56.3 Å². The van der Waals surface area contributed by atoms with Gasteiger partial charge < -0.3 is 5.32 Å². The van der Waals surface area contributed by atoms with Gasteiger partial charge in [-0.2, -0.15) is 5.26 Å². The molecule has 4 nitrogen and oxygen atoms in total. The Morgan fingerprint density at radius 3 is 2.06 bits per heavy atom. The molecule has 0 amide bonds. The normalized spacial score (nSPS) is 12.1. The first kappa shape index (κ1) is 24.9. The molecule has 0 radical (unpaired) electrons. The minimum atomic E-state index is -4.02. The summed E-state index contributed by atoms with van der Waals surface area (Å²) in [6.45, 7) is 4.10. The molecular weight excluding hydrogens is 472 g/mol. The van der Waals surface area contributed by atoms with Crippen molar-refractivity contribution in [2.24, 2.45) is 0 Å². The number of nitriles is 1. The van der Waals surface area contributed by atoms with Crippen molar-refractivity contribution < 1.29 is 8.42 Å².